The number of carbonyl (C=O) groups is 1. The van der Waals surface area contributed by atoms with Crippen LogP contribution in [-0.2, 0) is 13.0 Å². The molecule has 1 aromatic heterocycles. The molecule has 5 heteroatoms. The third-order valence-corrected chi connectivity index (χ3v) is 3.28. The largest absolute Gasteiger partial charge is 0.467 e. The lowest BCUT2D eigenvalue weighted by molar-refractivity contribution is 0.0765. The summed E-state index contributed by atoms with van der Waals surface area (Å²) in [5, 5.41) is 0. The van der Waals surface area contributed by atoms with E-state index in [0.29, 0.717) is 31.0 Å². The number of likely N-dealkylation sites (N-methyl/N-ethyl adjacent to an activating group) is 1. The summed E-state index contributed by atoms with van der Waals surface area (Å²) in [5.74, 6) is 0.624. The van der Waals surface area contributed by atoms with E-state index in [1.165, 1.54) is 11.8 Å². The standard InChI is InChI=1S/C16H20N2O2.ClH/c1-2-18(9-8-13-6-4-3-5-7-13)16(19)14-10-15(11-17)20-12-14;/h3-7,10,12H,2,8-9,11,17H2,1H3;1H. The van der Waals surface area contributed by atoms with Crippen LogP contribution in [0.3, 0.4) is 0 Å². The van der Waals surface area contributed by atoms with Crippen LogP contribution in [0.4, 0.5) is 0 Å². The van der Waals surface area contributed by atoms with Gasteiger partial charge in [0.15, 0.2) is 0 Å². The van der Waals surface area contributed by atoms with Crippen molar-refractivity contribution in [2.75, 3.05) is 13.1 Å². The van der Waals surface area contributed by atoms with E-state index in [1.54, 1.807) is 6.07 Å². The van der Waals surface area contributed by atoms with Crippen molar-refractivity contribution in [2.24, 2.45) is 5.73 Å². The molecular weight excluding hydrogens is 288 g/mol. The molecule has 114 valence electrons. The number of carbonyl (C=O) groups excluding carboxylic acids is 1. The van der Waals surface area contributed by atoms with E-state index in [-0.39, 0.29) is 18.3 Å². The smallest absolute Gasteiger partial charge is 0.257 e. The number of nitrogens with two attached hydrogens (primary N) is 1. The minimum absolute atomic E-state index is 0. The van der Waals surface area contributed by atoms with Crippen molar-refractivity contribution < 1.29 is 9.21 Å². The monoisotopic (exact) mass is 308 g/mol. The highest BCUT2D eigenvalue weighted by Gasteiger charge is 2.16. The van der Waals surface area contributed by atoms with Gasteiger partial charge in [-0.15, -0.1) is 12.4 Å². The Morgan fingerprint density at radius 2 is 2.00 bits per heavy atom. The zero-order valence-electron chi connectivity index (χ0n) is 12.1. The van der Waals surface area contributed by atoms with Crippen LogP contribution in [0.5, 0.6) is 0 Å². The van der Waals surface area contributed by atoms with Gasteiger partial charge in [-0.3, -0.25) is 4.79 Å². The Labute approximate surface area is 131 Å². The molecule has 1 heterocycles. The number of benzene rings is 1. The third-order valence-electron chi connectivity index (χ3n) is 3.28. The molecular formula is C16H21ClN2O2. The lowest BCUT2D eigenvalue weighted by Gasteiger charge is -2.20. The van der Waals surface area contributed by atoms with Crippen LogP contribution in [-0.4, -0.2) is 23.9 Å². The van der Waals surface area contributed by atoms with Gasteiger partial charge < -0.3 is 15.1 Å². The van der Waals surface area contributed by atoms with E-state index in [2.05, 4.69) is 12.1 Å². The second-order valence-corrected chi connectivity index (χ2v) is 4.63. The number of nitrogens with zero attached hydrogens (tertiary/aromatic N) is 1. The van der Waals surface area contributed by atoms with E-state index in [9.17, 15) is 4.79 Å². The fraction of sp³-hybridized carbons (Fsp3) is 0.312. The predicted octanol–water partition coefficient (Wildman–Crippen LogP) is 2.86. The number of amides is 1. The van der Waals surface area contributed by atoms with Gasteiger partial charge in [0, 0.05) is 13.1 Å². The number of rotatable bonds is 6. The molecule has 0 saturated heterocycles. The fourth-order valence-electron chi connectivity index (χ4n) is 2.09. The van der Waals surface area contributed by atoms with Crippen LogP contribution in [0.2, 0.25) is 0 Å². The Kier molecular flexibility index (Phi) is 6.99. The van der Waals surface area contributed by atoms with Gasteiger partial charge in [-0.05, 0) is 25.0 Å². The summed E-state index contributed by atoms with van der Waals surface area (Å²) in [5.41, 5.74) is 7.29. The first kappa shape index (κ1) is 17.3. The summed E-state index contributed by atoms with van der Waals surface area (Å²) in [6.45, 7) is 3.66. The molecule has 2 N–H and O–H groups in total. The van der Waals surface area contributed by atoms with E-state index in [4.69, 9.17) is 10.2 Å². The molecule has 0 aliphatic rings. The van der Waals surface area contributed by atoms with Gasteiger partial charge in [-0.25, -0.2) is 0 Å². The minimum atomic E-state index is -0.00752. The van der Waals surface area contributed by atoms with Crippen LogP contribution >= 0.6 is 12.4 Å². The van der Waals surface area contributed by atoms with Crippen LogP contribution in [0.25, 0.3) is 0 Å². The molecule has 21 heavy (non-hydrogen) atoms. The van der Waals surface area contributed by atoms with Crippen molar-refractivity contribution in [1.29, 1.82) is 0 Å². The van der Waals surface area contributed by atoms with Crippen LogP contribution < -0.4 is 5.73 Å². The number of halogens is 1. The van der Waals surface area contributed by atoms with Gasteiger partial charge in [0.2, 0.25) is 0 Å². The average Bonchev–Trinajstić information content (AvgIpc) is 2.97. The topological polar surface area (TPSA) is 59.5 Å². The van der Waals surface area contributed by atoms with Crippen molar-refractivity contribution in [3.63, 3.8) is 0 Å². The molecule has 0 radical (unpaired) electrons. The quantitative estimate of drug-likeness (QED) is 0.892. The summed E-state index contributed by atoms with van der Waals surface area (Å²) in [4.78, 5) is 14.2. The van der Waals surface area contributed by atoms with E-state index in [0.717, 1.165) is 6.42 Å². The molecule has 0 bridgehead atoms. The van der Waals surface area contributed by atoms with Crippen molar-refractivity contribution in [3.8, 4) is 0 Å². The maximum absolute atomic E-state index is 12.4. The first-order chi connectivity index (χ1) is 9.74. The Morgan fingerprint density at radius 3 is 2.57 bits per heavy atom. The molecule has 2 aromatic rings. The maximum Gasteiger partial charge on any atom is 0.257 e. The molecule has 1 amide bonds. The molecule has 0 aliphatic heterocycles. The first-order valence-electron chi connectivity index (χ1n) is 6.85. The lowest BCUT2D eigenvalue weighted by atomic mass is 10.1. The van der Waals surface area contributed by atoms with Gasteiger partial charge >= 0.3 is 0 Å². The third kappa shape index (κ3) is 4.62. The molecule has 0 unspecified atom stereocenters. The zero-order chi connectivity index (χ0) is 14.4. The molecule has 0 saturated carbocycles. The van der Waals surface area contributed by atoms with Crippen molar-refractivity contribution >= 4 is 18.3 Å². The number of hydrogen-bond acceptors (Lipinski definition) is 3. The van der Waals surface area contributed by atoms with Crippen molar-refractivity contribution in [2.45, 2.75) is 19.9 Å². The Hall–Kier alpha value is -1.78. The molecule has 0 fully saturated rings. The van der Waals surface area contributed by atoms with Gasteiger partial charge in [0.25, 0.3) is 5.91 Å². The van der Waals surface area contributed by atoms with Crippen LogP contribution in [0.15, 0.2) is 47.1 Å². The van der Waals surface area contributed by atoms with Crippen molar-refractivity contribution in [1.82, 2.24) is 4.90 Å². The Balaban J connectivity index is 0.00000220. The number of furan rings is 1. The maximum atomic E-state index is 12.4. The summed E-state index contributed by atoms with van der Waals surface area (Å²) in [6, 6.07) is 11.9. The van der Waals surface area contributed by atoms with Crippen molar-refractivity contribution in [3.05, 3.63) is 59.5 Å². The first-order valence-corrected chi connectivity index (χ1v) is 6.85. The highest BCUT2D eigenvalue weighted by Crippen LogP contribution is 2.11. The summed E-state index contributed by atoms with van der Waals surface area (Å²) in [6.07, 6.45) is 2.33. The molecule has 1 aromatic carbocycles. The molecule has 0 spiro atoms. The minimum Gasteiger partial charge on any atom is -0.467 e. The van der Waals surface area contributed by atoms with E-state index < -0.39 is 0 Å². The van der Waals surface area contributed by atoms with Gasteiger partial charge in [-0.2, -0.15) is 0 Å². The number of hydrogen-bond donors (Lipinski definition) is 1. The summed E-state index contributed by atoms with van der Waals surface area (Å²) >= 11 is 0. The molecule has 0 atom stereocenters. The molecule has 0 aliphatic carbocycles. The average molecular weight is 309 g/mol. The highest BCUT2D eigenvalue weighted by molar-refractivity contribution is 5.94. The Morgan fingerprint density at radius 1 is 1.29 bits per heavy atom. The lowest BCUT2D eigenvalue weighted by Crippen LogP contribution is -2.32. The summed E-state index contributed by atoms with van der Waals surface area (Å²) in [7, 11) is 0. The second-order valence-electron chi connectivity index (χ2n) is 4.63. The fourth-order valence-corrected chi connectivity index (χ4v) is 2.09. The van der Waals surface area contributed by atoms with E-state index in [1.807, 2.05) is 30.0 Å². The van der Waals surface area contributed by atoms with Gasteiger partial charge in [0.1, 0.15) is 12.0 Å². The second kappa shape index (κ2) is 8.49. The van der Waals surface area contributed by atoms with Crippen LogP contribution in [0, 0.1) is 0 Å². The normalized spacial score (nSPS) is 10.0. The van der Waals surface area contributed by atoms with Gasteiger partial charge in [-0.1, -0.05) is 30.3 Å². The zero-order valence-corrected chi connectivity index (χ0v) is 12.9. The molecule has 2 rings (SSSR count). The Bertz CT molecular complexity index is 554. The van der Waals surface area contributed by atoms with E-state index >= 15 is 0 Å². The predicted molar refractivity (Wildman–Crippen MR) is 85.6 cm³/mol. The highest BCUT2D eigenvalue weighted by atomic mass is 35.5. The van der Waals surface area contributed by atoms with Crippen LogP contribution in [0.1, 0.15) is 28.6 Å². The summed E-state index contributed by atoms with van der Waals surface area (Å²) < 4.78 is 5.22. The van der Waals surface area contributed by atoms with Gasteiger partial charge in [0.05, 0.1) is 12.1 Å². The SMILES string of the molecule is CCN(CCc1ccccc1)C(=O)c1coc(CN)c1.Cl. The molecule has 4 nitrogen and oxygen atoms in total.